The van der Waals surface area contributed by atoms with E-state index in [9.17, 15) is 8.78 Å². The lowest BCUT2D eigenvalue weighted by Crippen LogP contribution is -2.46. The standard InChI is InChI=1S/C5H6BrF2/c1-3-4(6)2-5(3,7)8/h3-4H,1-2H2. The van der Waals surface area contributed by atoms with Gasteiger partial charge in [0.25, 0.3) is 5.92 Å². The molecule has 8 heavy (non-hydrogen) atoms. The van der Waals surface area contributed by atoms with Gasteiger partial charge in [0.15, 0.2) is 0 Å². The number of hydrogen-bond donors (Lipinski definition) is 0. The number of alkyl halides is 3. The average molecular weight is 184 g/mol. The number of rotatable bonds is 0. The molecule has 2 atom stereocenters. The Morgan fingerprint density at radius 2 is 2.12 bits per heavy atom. The van der Waals surface area contributed by atoms with Crippen LogP contribution in [0.3, 0.4) is 0 Å². The van der Waals surface area contributed by atoms with Crippen LogP contribution < -0.4 is 0 Å². The van der Waals surface area contributed by atoms with E-state index in [0.29, 0.717) is 0 Å². The molecule has 0 nitrogen and oxygen atoms in total. The molecule has 0 spiro atoms. The molecule has 1 radical (unpaired) electrons. The third kappa shape index (κ3) is 0.768. The van der Waals surface area contributed by atoms with Crippen molar-refractivity contribution in [2.75, 3.05) is 0 Å². The second-order valence-electron chi connectivity index (χ2n) is 2.09. The molecule has 1 rings (SSSR count). The molecular weight excluding hydrogens is 178 g/mol. The van der Waals surface area contributed by atoms with Crippen molar-refractivity contribution in [3.05, 3.63) is 6.92 Å². The quantitative estimate of drug-likeness (QED) is 0.506. The highest BCUT2D eigenvalue weighted by molar-refractivity contribution is 9.09. The van der Waals surface area contributed by atoms with Gasteiger partial charge in [-0.25, -0.2) is 8.78 Å². The fourth-order valence-corrected chi connectivity index (χ4v) is 1.48. The van der Waals surface area contributed by atoms with Crippen LogP contribution in [0.15, 0.2) is 0 Å². The van der Waals surface area contributed by atoms with E-state index in [-0.39, 0.29) is 11.2 Å². The summed E-state index contributed by atoms with van der Waals surface area (Å²) in [6, 6.07) is 0. The van der Waals surface area contributed by atoms with Crippen molar-refractivity contribution in [3.63, 3.8) is 0 Å². The van der Waals surface area contributed by atoms with Gasteiger partial charge in [-0.15, -0.1) is 0 Å². The Morgan fingerprint density at radius 1 is 1.62 bits per heavy atom. The van der Waals surface area contributed by atoms with E-state index in [1.54, 1.807) is 0 Å². The second-order valence-corrected chi connectivity index (χ2v) is 3.26. The van der Waals surface area contributed by atoms with Gasteiger partial charge in [0.1, 0.15) is 0 Å². The maximum absolute atomic E-state index is 12.1. The molecule has 0 aromatic carbocycles. The largest absolute Gasteiger partial charge is 0.253 e. The first-order valence-electron chi connectivity index (χ1n) is 2.39. The molecule has 3 heteroatoms. The minimum atomic E-state index is -2.51. The Kier molecular flexibility index (Phi) is 1.34. The fourth-order valence-electron chi connectivity index (χ4n) is 0.658. The van der Waals surface area contributed by atoms with E-state index in [1.165, 1.54) is 0 Å². The normalized spacial score (nSPS) is 43.5. The predicted molar refractivity (Wildman–Crippen MR) is 31.1 cm³/mol. The van der Waals surface area contributed by atoms with Crippen LogP contribution in [0, 0.1) is 12.8 Å². The summed E-state index contributed by atoms with van der Waals surface area (Å²) in [5.41, 5.74) is 0. The molecule has 1 fully saturated rings. The highest BCUT2D eigenvalue weighted by Gasteiger charge is 2.51. The zero-order valence-corrected chi connectivity index (χ0v) is 5.79. The summed E-state index contributed by atoms with van der Waals surface area (Å²) in [5, 5.41) is 0. The molecule has 0 bridgehead atoms. The first-order chi connectivity index (χ1) is 3.54. The van der Waals surface area contributed by atoms with Crippen molar-refractivity contribution in [2.24, 2.45) is 5.92 Å². The van der Waals surface area contributed by atoms with Gasteiger partial charge in [-0.3, -0.25) is 0 Å². The van der Waals surface area contributed by atoms with Crippen molar-refractivity contribution in [3.8, 4) is 0 Å². The third-order valence-corrected chi connectivity index (χ3v) is 2.41. The van der Waals surface area contributed by atoms with Gasteiger partial charge >= 0.3 is 0 Å². The van der Waals surface area contributed by atoms with Crippen LogP contribution in [0.4, 0.5) is 8.78 Å². The van der Waals surface area contributed by atoms with Gasteiger partial charge in [-0.05, 0) is 6.92 Å². The van der Waals surface area contributed by atoms with Crippen LogP contribution in [0.1, 0.15) is 6.42 Å². The summed E-state index contributed by atoms with van der Waals surface area (Å²) < 4.78 is 24.2. The molecule has 0 heterocycles. The van der Waals surface area contributed by atoms with E-state index in [0.717, 1.165) is 0 Å². The second kappa shape index (κ2) is 1.66. The Morgan fingerprint density at radius 3 is 2.12 bits per heavy atom. The summed E-state index contributed by atoms with van der Waals surface area (Å²) >= 11 is 3.06. The van der Waals surface area contributed by atoms with Crippen molar-refractivity contribution in [1.82, 2.24) is 0 Å². The maximum Gasteiger partial charge on any atom is 0.253 e. The van der Waals surface area contributed by atoms with E-state index in [1.807, 2.05) is 0 Å². The topological polar surface area (TPSA) is 0 Å². The summed E-state index contributed by atoms with van der Waals surface area (Å²) in [6.45, 7) is 3.28. The average Bonchev–Trinajstić information content (AvgIpc) is 1.65. The van der Waals surface area contributed by atoms with Crippen molar-refractivity contribution < 1.29 is 8.78 Å². The molecule has 0 aliphatic heterocycles. The first kappa shape index (κ1) is 6.46. The lowest BCUT2D eigenvalue weighted by Gasteiger charge is -2.38. The zero-order valence-electron chi connectivity index (χ0n) is 4.20. The van der Waals surface area contributed by atoms with Crippen LogP contribution in [-0.4, -0.2) is 10.7 Å². The Bertz CT molecular complexity index is 103. The lowest BCUT2D eigenvalue weighted by molar-refractivity contribution is -0.105. The Balaban J connectivity index is 2.47. The zero-order chi connectivity index (χ0) is 6.36. The molecule has 2 unspecified atom stereocenters. The summed E-state index contributed by atoms with van der Waals surface area (Å²) in [5.74, 6) is -3.23. The minimum absolute atomic E-state index is 0.0544. The van der Waals surface area contributed by atoms with Crippen LogP contribution in [0.5, 0.6) is 0 Å². The molecule has 0 aromatic rings. The van der Waals surface area contributed by atoms with Gasteiger partial charge in [0.2, 0.25) is 0 Å². The van der Waals surface area contributed by atoms with E-state index in [2.05, 4.69) is 22.9 Å². The smallest absolute Gasteiger partial charge is 0.206 e. The van der Waals surface area contributed by atoms with E-state index in [4.69, 9.17) is 0 Å². The molecule has 1 aliphatic rings. The molecule has 0 aromatic heterocycles. The lowest BCUT2D eigenvalue weighted by atomic mass is 9.82. The number of halogens is 3. The van der Waals surface area contributed by atoms with E-state index >= 15 is 0 Å². The van der Waals surface area contributed by atoms with Gasteiger partial charge < -0.3 is 0 Å². The van der Waals surface area contributed by atoms with Crippen molar-refractivity contribution >= 4 is 15.9 Å². The molecule has 1 aliphatic carbocycles. The maximum atomic E-state index is 12.1. The van der Waals surface area contributed by atoms with Gasteiger partial charge in [-0.1, -0.05) is 15.9 Å². The molecular formula is C5H6BrF2. The molecule has 0 N–H and O–H groups in total. The molecule has 1 saturated carbocycles. The van der Waals surface area contributed by atoms with Gasteiger partial charge in [0.05, 0.1) is 0 Å². The van der Waals surface area contributed by atoms with Gasteiger partial charge in [0, 0.05) is 17.2 Å². The summed E-state index contributed by atoms with van der Waals surface area (Å²) in [4.78, 5) is -0.0718. The Labute approximate surface area is 55.4 Å². The molecule has 0 amide bonds. The Hall–Kier alpha value is 0.340. The monoisotopic (exact) mass is 183 g/mol. The van der Waals surface area contributed by atoms with Crippen LogP contribution in [-0.2, 0) is 0 Å². The highest BCUT2D eigenvalue weighted by atomic mass is 79.9. The van der Waals surface area contributed by atoms with Crippen molar-refractivity contribution in [1.29, 1.82) is 0 Å². The van der Waals surface area contributed by atoms with Crippen LogP contribution in [0.2, 0.25) is 0 Å². The first-order valence-corrected chi connectivity index (χ1v) is 3.30. The predicted octanol–water partition coefficient (Wildman–Crippen LogP) is 2.24. The highest BCUT2D eigenvalue weighted by Crippen LogP contribution is 2.46. The van der Waals surface area contributed by atoms with Gasteiger partial charge in [-0.2, -0.15) is 0 Å². The fraction of sp³-hybridized carbons (Fsp3) is 0.800. The van der Waals surface area contributed by atoms with Crippen molar-refractivity contribution in [2.45, 2.75) is 17.2 Å². The number of hydrogen-bond acceptors (Lipinski definition) is 0. The van der Waals surface area contributed by atoms with Crippen LogP contribution in [0.25, 0.3) is 0 Å². The third-order valence-electron chi connectivity index (χ3n) is 1.45. The van der Waals surface area contributed by atoms with Crippen LogP contribution >= 0.6 is 15.9 Å². The SMILES string of the molecule is [CH2]C1C(Br)CC1(F)F. The molecule has 47 valence electrons. The summed E-state index contributed by atoms with van der Waals surface area (Å²) in [6.07, 6.45) is -0.0544. The summed E-state index contributed by atoms with van der Waals surface area (Å²) in [7, 11) is 0. The van der Waals surface area contributed by atoms with E-state index < -0.39 is 11.8 Å². The minimum Gasteiger partial charge on any atom is -0.206 e. The molecule has 0 saturated heterocycles.